The molecule has 0 fully saturated rings. The molecule has 0 saturated heterocycles. The summed E-state index contributed by atoms with van der Waals surface area (Å²) in [5.74, 6) is -0.904. The molecule has 0 radical (unpaired) electrons. The maximum atomic E-state index is 11.7. The second kappa shape index (κ2) is 14.5. The Balaban J connectivity index is 3.72. The summed E-state index contributed by atoms with van der Waals surface area (Å²) in [4.78, 5) is 24.3. The standard InChI is InChI=1S/C17H34N2O4/c1-3-4-5-6-7-8-9-10-16(21)18-11-12-19(13-14-20)15(2)17(22)23/h15,20H,3-14H2,1-2H3,(H,18,21)(H,22,23). The number of carboxylic acids is 1. The number of aliphatic hydroxyl groups excluding tert-OH is 1. The summed E-state index contributed by atoms with van der Waals surface area (Å²) in [5.41, 5.74) is 0. The van der Waals surface area contributed by atoms with E-state index in [-0.39, 0.29) is 12.5 Å². The molecule has 0 aliphatic carbocycles. The number of unbranched alkanes of at least 4 members (excludes halogenated alkanes) is 6. The quantitative estimate of drug-likeness (QED) is 0.400. The molecule has 0 rings (SSSR count). The van der Waals surface area contributed by atoms with Crippen LogP contribution in [0, 0.1) is 0 Å². The fraction of sp³-hybridized carbons (Fsp3) is 0.882. The van der Waals surface area contributed by atoms with E-state index in [9.17, 15) is 9.59 Å². The molecule has 0 spiro atoms. The molecule has 0 aromatic rings. The van der Waals surface area contributed by atoms with Crippen molar-refractivity contribution in [2.24, 2.45) is 0 Å². The summed E-state index contributed by atoms with van der Waals surface area (Å²) < 4.78 is 0. The Morgan fingerprint density at radius 2 is 1.65 bits per heavy atom. The molecule has 3 N–H and O–H groups in total. The van der Waals surface area contributed by atoms with Gasteiger partial charge in [0.2, 0.25) is 5.91 Å². The van der Waals surface area contributed by atoms with Gasteiger partial charge in [-0.05, 0) is 13.3 Å². The van der Waals surface area contributed by atoms with E-state index in [0.29, 0.717) is 26.1 Å². The molecule has 0 heterocycles. The SMILES string of the molecule is CCCCCCCCCC(=O)NCCN(CCO)C(C)C(=O)O. The molecular formula is C17H34N2O4. The van der Waals surface area contributed by atoms with E-state index in [2.05, 4.69) is 12.2 Å². The predicted octanol–water partition coefficient (Wildman–Crippen LogP) is 2.01. The average Bonchev–Trinajstić information content (AvgIpc) is 2.52. The number of hydrogen-bond acceptors (Lipinski definition) is 4. The van der Waals surface area contributed by atoms with Gasteiger partial charge in [-0.25, -0.2) is 0 Å². The van der Waals surface area contributed by atoms with E-state index >= 15 is 0 Å². The Bertz CT molecular complexity index is 324. The highest BCUT2D eigenvalue weighted by atomic mass is 16.4. The van der Waals surface area contributed by atoms with Crippen LogP contribution in [-0.4, -0.2) is 59.3 Å². The summed E-state index contributed by atoms with van der Waals surface area (Å²) in [6.45, 7) is 4.82. The first-order valence-corrected chi connectivity index (χ1v) is 8.87. The van der Waals surface area contributed by atoms with Crippen LogP contribution in [0.3, 0.4) is 0 Å². The van der Waals surface area contributed by atoms with Gasteiger partial charge in [0.15, 0.2) is 0 Å². The van der Waals surface area contributed by atoms with Crippen LogP contribution in [-0.2, 0) is 9.59 Å². The zero-order valence-corrected chi connectivity index (χ0v) is 14.7. The van der Waals surface area contributed by atoms with E-state index in [1.165, 1.54) is 32.1 Å². The molecule has 0 bridgehead atoms. The third-order valence-corrected chi connectivity index (χ3v) is 4.02. The van der Waals surface area contributed by atoms with Crippen molar-refractivity contribution in [3.05, 3.63) is 0 Å². The van der Waals surface area contributed by atoms with Gasteiger partial charge in [-0.3, -0.25) is 14.5 Å². The lowest BCUT2D eigenvalue weighted by Gasteiger charge is -2.25. The van der Waals surface area contributed by atoms with Gasteiger partial charge in [-0.1, -0.05) is 45.4 Å². The fourth-order valence-corrected chi connectivity index (χ4v) is 2.45. The zero-order chi connectivity index (χ0) is 17.5. The molecule has 1 amide bonds. The van der Waals surface area contributed by atoms with Gasteiger partial charge in [0, 0.05) is 26.1 Å². The molecule has 0 aromatic heterocycles. The minimum Gasteiger partial charge on any atom is -0.480 e. The van der Waals surface area contributed by atoms with Gasteiger partial charge in [0.05, 0.1) is 6.61 Å². The lowest BCUT2D eigenvalue weighted by atomic mass is 10.1. The maximum absolute atomic E-state index is 11.7. The molecule has 0 aromatic carbocycles. The number of carboxylic acid groups (broad SMARTS) is 1. The van der Waals surface area contributed by atoms with Crippen molar-refractivity contribution < 1.29 is 19.8 Å². The Kier molecular flexibility index (Phi) is 13.7. The van der Waals surface area contributed by atoms with E-state index in [1.54, 1.807) is 11.8 Å². The monoisotopic (exact) mass is 330 g/mol. The Hall–Kier alpha value is -1.14. The van der Waals surface area contributed by atoms with Gasteiger partial charge in [0.25, 0.3) is 0 Å². The van der Waals surface area contributed by atoms with Crippen LogP contribution in [0.15, 0.2) is 0 Å². The van der Waals surface area contributed by atoms with Crippen LogP contribution in [0.25, 0.3) is 0 Å². The summed E-state index contributed by atoms with van der Waals surface area (Å²) in [6, 6.07) is -0.665. The van der Waals surface area contributed by atoms with Crippen molar-refractivity contribution in [3.8, 4) is 0 Å². The summed E-state index contributed by atoms with van der Waals surface area (Å²) in [5, 5.41) is 20.8. The molecule has 6 nitrogen and oxygen atoms in total. The number of aliphatic hydroxyl groups is 1. The first kappa shape index (κ1) is 21.9. The molecular weight excluding hydrogens is 296 g/mol. The smallest absolute Gasteiger partial charge is 0.320 e. The van der Waals surface area contributed by atoms with Crippen LogP contribution >= 0.6 is 0 Å². The van der Waals surface area contributed by atoms with E-state index in [0.717, 1.165) is 12.8 Å². The second-order valence-corrected chi connectivity index (χ2v) is 6.00. The average molecular weight is 330 g/mol. The fourth-order valence-electron chi connectivity index (χ4n) is 2.45. The Morgan fingerprint density at radius 3 is 2.22 bits per heavy atom. The first-order chi connectivity index (χ1) is 11.0. The number of rotatable bonds is 15. The van der Waals surface area contributed by atoms with E-state index in [1.807, 2.05) is 0 Å². The number of nitrogens with one attached hydrogen (secondary N) is 1. The zero-order valence-electron chi connectivity index (χ0n) is 14.7. The van der Waals surface area contributed by atoms with E-state index < -0.39 is 12.0 Å². The minimum atomic E-state index is -0.923. The van der Waals surface area contributed by atoms with E-state index in [4.69, 9.17) is 10.2 Å². The van der Waals surface area contributed by atoms with Gasteiger partial charge < -0.3 is 15.5 Å². The van der Waals surface area contributed by atoms with Crippen molar-refractivity contribution >= 4 is 11.9 Å². The summed E-state index contributed by atoms with van der Waals surface area (Å²) in [7, 11) is 0. The molecule has 0 aliphatic rings. The van der Waals surface area contributed by atoms with Crippen LogP contribution < -0.4 is 5.32 Å². The molecule has 23 heavy (non-hydrogen) atoms. The van der Waals surface area contributed by atoms with Crippen molar-refractivity contribution in [3.63, 3.8) is 0 Å². The Labute approximate surface area is 140 Å². The normalized spacial score (nSPS) is 12.3. The predicted molar refractivity (Wildman–Crippen MR) is 91.4 cm³/mol. The number of amides is 1. The second-order valence-electron chi connectivity index (χ2n) is 6.00. The summed E-state index contributed by atoms with van der Waals surface area (Å²) in [6.07, 6.45) is 8.78. The molecule has 0 aliphatic heterocycles. The topological polar surface area (TPSA) is 89.9 Å². The highest BCUT2D eigenvalue weighted by molar-refractivity contribution is 5.75. The lowest BCUT2D eigenvalue weighted by molar-refractivity contribution is -0.142. The van der Waals surface area contributed by atoms with Crippen LogP contribution in [0.2, 0.25) is 0 Å². The first-order valence-electron chi connectivity index (χ1n) is 8.87. The molecule has 1 atom stereocenters. The third kappa shape index (κ3) is 12.0. The van der Waals surface area contributed by atoms with Crippen molar-refractivity contribution in [2.75, 3.05) is 26.2 Å². The molecule has 1 unspecified atom stereocenters. The largest absolute Gasteiger partial charge is 0.480 e. The van der Waals surface area contributed by atoms with Gasteiger partial charge in [0.1, 0.15) is 6.04 Å². The summed E-state index contributed by atoms with van der Waals surface area (Å²) >= 11 is 0. The molecule has 6 heteroatoms. The lowest BCUT2D eigenvalue weighted by Crippen LogP contribution is -2.44. The molecule has 136 valence electrons. The highest BCUT2D eigenvalue weighted by Gasteiger charge is 2.19. The number of nitrogens with zero attached hydrogens (tertiary/aromatic N) is 1. The number of aliphatic carboxylic acids is 1. The van der Waals surface area contributed by atoms with Gasteiger partial charge in [-0.15, -0.1) is 0 Å². The van der Waals surface area contributed by atoms with Crippen LogP contribution in [0.4, 0.5) is 0 Å². The number of carbonyl (C=O) groups is 2. The maximum Gasteiger partial charge on any atom is 0.320 e. The van der Waals surface area contributed by atoms with Gasteiger partial charge >= 0.3 is 5.97 Å². The Morgan fingerprint density at radius 1 is 1.04 bits per heavy atom. The third-order valence-electron chi connectivity index (χ3n) is 4.02. The van der Waals surface area contributed by atoms with Gasteiger partial charge in [-0.2, -0.15) is 0 Å². The van der Waals surface area contributed by atoms with Crippen LogP contribution in [0.1, 0.15) is 65.2 Å². The molecule has 0 saturated carbocycles. The van der Waals surface area contributed by atoms with Crippen molar-refractivity contribution in [2.45, 2.75) is 71.3 Å². The minimum absolute atomic E-state index is 0.0190. The highest BCUT2D eigenvalue weighted by Crippen LogP contribution is 2.08. The van der Waals surface area contributed by atoms with Crippen molar-refractivity contribution in [1.29, 1.82) is 0 Å². The number of carbonyl (C=O) groups excluding carboxylic acids is 1. The van der Waals surface area contributed by atoms with Crippen molar-refractivity contribution in [1.82, 2.24) is 10.2 Å². The van der Waals surface area contributed by atoms with Crippen LogP contribution in [0.5, 0.6) is 0 Å². The number of hydrogen-bond donors (Lipinski definition) is 3.